The number of thioether (sulfide) groups is 1. The molecular weight excluding hydrogens is 338 g/mol. The first kappa shape index (κ1) is 15.1. The molecule has 1 aromatic heterocycles. The average molecular weight is 356 g/mol. The van der Waals surface area contributed by atoms with E-state index in [1.807, 2.05) is 23.1 Å². The van der Waals surface area contributed by atoms with Gasteiger partial charge in [-0.1, -0.05) is 19.1 Å². The van der Waals surface area contributed by atoms with Gasteiger partial charge < -0.3 is 5.32 Å². The third-order valence-corrected chi connectivity index (χ3v) is 5.79. The van der Waals surface area contributed by atoms with Crippen LogP contribution < -0.4 is 5.32 Å². The highest BCUT2D eigenvalue weighted by molar-refractivity contribution is 9.10. The molecule has 2 rings (SSSR count). The Morgan fingerprint density at radius 2 is 2.21 bits per heavy atom. The zero-order chi connectivity index (χ0) is 13.7. The summed E-state index contributed by atoms with van der Waals surface area (Å²) in [6.07, 6.45) is 0. The van der Waals surface area contributed by atoms with Crippen molar-refractivity contribution in [2.24, 2.45) is 0 Å². The lowest BCUT2D eigenvalue weighted by atomic mass is 10.1. The van der Waals surface area contributed by atoms with Crippen LogP contribution in [-0.2, 0) is 5.75 Å². The van der Waals surface area contributed by atoms with Crippen LogP contribution in [0.5, 0.6) is 0 Å². The Labute approximate surface area is 131 Å². The second kappa shape index (κ2) is 7.48. The van der Waals surface area contributed by atoms with Gasteiger partial charge in [0.25, 0.3) is 0 Å². The summed E-state index contributed by atoms with van der Waals surface area (Å²) in [6, 6.07) is 11.4. The lowest BCUT2D eigenvalue weighted by Gasteiger charge is -2.13. The van der Waals surface area contributed by atoms with Crippen molar-refractivity contribution in [1.29, 1.82) is 0 Å². The zero-order valence-corrected chi connectivity index (χ0v) is 14.4. The second-order valence-electron chi connectivity index (χ2n) is 4.37. The summed E-state index contributed by atoms with van der Waals surface area (Å²) in [5.41, 5.74) is 1.36. The van der Waals surface area contributed by atoms with E-state index in [-0.39, 0.29) is 0 Å². The smallest absolute Gasteiger partial charge is 0.0326 e. The lowest BCUT2D eigenvalue weighted by Crippen LogP contribution is -2.17. The quantitative estimate of drug-likeness (QED) is 0.689. The van der Waals surface area contributed by atoms with Crippen LogP contribution >= 0.6 is 39.0 Å². The number of hydrogen-bond donors (Lipinski definition) is 1. The largest absolute Gasteiger partial charge is 0.310 e. The molecule has 0 aliphatic heterocycles. The molecule has 102 valence electrons. The summed E-state index contributed by atoms with van der Waals surface area (Å²) in [4.78, 5) is 2.74. The maximum Gasteiger partial charge on any atom is 0.0326 e. The van der Waals surface area contributed by atoms with Crippen LogP contribution in [0.1, 0.15) is 30.3 Å². The first-order chi connectivity index (χ1) is 9.19. The third-order valence-electron chi connectivity index (χ3n) is 2.87. The molecular formula is C15H18BrNS2. The summed E-state index contributed by atoms with van der Waals surface area (Å²) in [6.45, 7) is 5.36. The fraction of sp³-hybridized carbons (Fsp3) is 0.333. The van der Waals surface area contributed by atoms with Crippen LogP contribution in [0.4, 0.5) is 0 Å². The van der Waals surface area contributed by atoms with E-state index in [9.17, 15) is 0 Å². The van der Waals surface area contributed by atoms with E-state index in [1.54, 1.807) is 0 Å². The predicted octanol–water partition coefficient (Wildman–Crippen LogP) is 5.47. The van der Waals surface area contributed by atoms with Gasteiger partial charge in [0.2, 0.25) is 0 Å². The molecule has 1 N–H and O–H groups in total. The van der Waals surface area contributed by atoms with Crippen LogP contribution in [0, 0.1) is 0 Å². The molecule has 0 bridgehead atoms. The minimum Gasteiger partial charge on any atom is -0.310 e. The fourth-order valence-electron chi connectivity index (χ4n) is 1.88. The molecule has 4 heteroatoms. The number of nitrogens with one attached hydrogen (secondary N) is 1. The monoisotopic (exact) mass is 355 g/mol. The molecule has 19 heavy (non-hydrogen) atoms. The van der Waals surface area contributed by atoms with Crippen molar-refractivity contribution in [3.8, 4) is 0 Å². The normalized spacial score (nSPS) is 12.6. The summed E-state index contributed by atoms with van der Waals surface area (Å²) in [5, 5.41) is 5.59. The van der Waals surface area contributed by atoms with E-state index >= 15 is 0 Å². The van der Waals surface area contributed by atoms with Gasteiger partial charge in [0.1, 0.15) is 0 Å². The first-order valence-electron chi connectivity index (χ1n) is 6.38. The highest BCUT2D eigenvalue weighted by atomic mass is 79.9. The van der Waals surface area contributed by atoms with E-state index in [0.29, 0.717) is 6.04 Å². The Morgan fingerprint density at radius 1 is 1.37 bits per heavy atom. The molecule has 0 aliphatic carbocycles. The van der Waals surface area contributed by atoms with Crippen molar-refractivity contribution >= 4 is 39.0 Å². The minimum atomic E-state index is 0.418. The van der Waals surface area contributed by atoms with E-state index in [4.69, 9.17) is 0 Å². The van der Waals surface area contributed by atoms with Gasteiger partial charge in [-0.05, 0) is 53.2 Å². The molecule has 2 aromatic rings. The Morgan fingerprint density at radius 3 is 2.89 bits per heavy atom. The standard InChI is InChI=1S/C15H18BrNS2/c1-3-17-11(2)12-5-4-6-14(7-12)19-10-15-8-13(16)9-18-15/h4-9,11,17H,3,10H2,1-2H3. The maximum absolute atomic E-state index is 3.50. The Kier molecular flexibility index (Phi) is 5.95. The minimum absolute atomic E-state index is 0.418. The average Bonchev–Trinajstić information content (AvgIpc) is 2.83. The third kappa shape index (κ3) is 4.63. The van der Waals surface area contributed by atoms with Gasteiger partial charge in [-0.3, -0.25) is 0 Å². The van der Waals surface area contributed by atoms with Crippen molar-refractivity contribution in [2.45, 2.75) is 30.5 Å². The van der Waals surface area contributed by atoms with E-state index in [0.717, 1.165) is 12.3 Å². The summed E-state index contributed by atoms with van der Waals surface area (Å²) >= 11 is 7.20. The predicted molar refractivity (Wildman–Crippen MR) is 90.1 cm³/mol. The van der Waals surface area contributed by atoms with E-state index < -0.39 is 0 Å². The lowest BCUT2D eigenvalue weighted by molar-refractivity contribution is 0.597. The highest BCUT2D eigenvalue weighted by Gasteiger charge is 2.05. The van der Waals surface area contributed by atoms with Crippen molar-refractivity contribution in [2.75, 3.05) is 6.54 Å². The maximum atomic E-state index is 3.50. The van der Waals surface area contributed by atoms with Gasteiger partial charge in [0.05, 0.1) is 0 Å². The number of rotatable bonds is 6. The van der Waals surface area contributed by atoms with Crippen LogP contribution in [0.2, 0.25) is 0 Å². The van der Waals surface area contributed by atoms with E-state index in [2.05, 4.69) is 70.8 Å². The van der Waals surface area contributed by atoms with Gasteiger partial charge in [0, 0.05) is 31.4 Å². The van der Waals surface area contributed by atoms with Crippen LogP contribution in [-0.4, -0.2) is 6.54 Å². The zero-order valence-electron chi connectivity index (χ0n) is 11.2. The molecule has 1 aromatic carbocycles. The number of thiophene rings is 1. The Bertz CT molecular complexity index is 524. The molecule has 0 radical (unpaired) electrons. The summed E-state index contributed by atoms with van der Waals surface area (Å²) in [7, 11) is 0. The molecule has 0 amide bonds. The molecule has 1 heterocycles. The highest BCUT2D eigenvalue weighted by Crippen LogP contribution is 2.29. The van der Waals surface area contributed by atoms with Gasteiger partial charge in [-0.2, -0.15) is 0 Å². The van der Waals surface area contributed by atoms with E-state index in [1.165, 1.54) is 19.8 Å². The van der Waals surface area contributed by atoms with Crippen LogP contribution in [0.3, 0.4) is 0 Å². The molecule has 0 spiro atoms. The number of halogens is 1. The Hall–Kier alpha value is -0.290. The summed E-state index contributed by atoms with van der Waals surface area (Å²) in [5.74, 6) is 1.04. The second-order valence-corrected chi connectivity index (χ2v) is 7.33. The van der Waals surface area contributed by atoms with Crippen molar-refractivity contribution < 1.29 is 0 Å². The van der Waals surface area contributed by atoms with Gasteiger partial charge in [-0.25, -0.2) is 0 Å². The van der Waals surface area contributed by atoms with Gasteiger partial charge in [0.15, 0.2) is 0 Å². The Balaban J connectivity index is 1.98. The van der Waals surface area contributed by atoms with Crippen LogP contribution in [0.15, 0.2) is 45.1 Å². The number of benzene rings is 1. The summed E-state index contributed by atoms with van der Waals surface area (Å²) < 4.78 is 1.18. The molecule has 0 saturated heterocycles. The first-order valence-corrected chi connectivity index (χ1v) is 9.04. The van der Waals surface area contributed by atoms with Gasteiger partial charge in [-0.15, -0.1) is 23.1 Å². The molecule has 0 saturated carbocycles. The topological polar surface area (TPSA) is 12.0 Å². The van der Waals surface area contributed by atoms with Gasteiger partial charge >= 0.3 is 0 Å². The van der Waals surface area contributed by atoms with Crippen molar-refractivity contribution in [1.82, 2.24) is 5.32 Å². The van der Waals surface area contributed by atoms with Crippen molar-refractivity contribution in [3.05, 3.63) is 50.6 Å². The van der Waals surface area contributed by atoms with Crippen LogP contribution in [0.25, 0.3) is 0 Å². The molecule has 1 nitrogen and oxygen atoms in total. The molecule has 0 aliphatic rings. The fourth-order valence-corrected chi connectivity index (χ4v) is 4.35. The molecule has 1 atom stereocenters. The number of hydrogen-bond acceptors (Lipinski definition) is 3. The molecule has 0 fully saturated rings. The van der Waals surface area contributed by atoms with Crippen molar-refractivity contribution in [3.63, 3.8) is 0 Å². The molecule has 1 unspecified atom stereocenters. The SMILES string of the molecule is CCNC(C)c1cccc(SCc2cc(Br)cs2)c1.